The van der Waals surface area contributed by atoms with E-state index in [0.717, 1.165) is 16.7 Å². The number of nitrogens with two attached hydrogens (primary N) is 1. The molecular weight excluding hydrogens is 348 g/mol. The lowest BCUT2D eigenvalue weighted by Gasteiger charge is -2.05. The number of carbonyl (C=O) groups is 1. The first-order valence-electron chi connectivity index (χ1n) is 8.06. The summed E-state index contributed by atoms with van der Waals surface area (Å²) in [6.07, 6.45) is 0.106. The fourth-order valence-corrected chi connectivity index (χ4v) is 2.70. The molecule has 5 heteroatoms. The van der Waals surface area contributed by atoms with Crippen LogP contribution in [0.4, 0.5) is 0 Å². The van der Waals surface area contributed by atoms with Crippen LogP contribution in [-0.2, 0) is 16.1 Å². The van der Waals surface area contributed by atoms with Gasteiger partial charge in [-0.25, -0.2) is 4.79 Å². The van der Waals surface area contributed by atoms with Gasteiger partial charge in [-0.05, 0) is 28.8 Å². The Morgan fingerprint density at radius 2 is 1.50 bits per heavy atom. The molecule has 0 amide bonds. The average molecular weight is 365 g/mol. The van der Waals surface area contributed by atoms with Gasteiger partial charge in [0.1, 0.15) is 0 Å². The number of hydrogen-bond acceptors (Lipinski definition) is 3. The van der Waals surface area contributed by atoms with Crippen molar-refractivity contribution < 1.29 is 9.63 Å². The Morgan fingerprint density at radius 3 is 2.19 bits per heavy atom. The first kappa shape index (κ1) is 17.7. The molecule has 0 aliphatic heterocycles. The van der Waals surface area contributed by atoms with E-state index in [4.69, 9.17) is 22.2 Å². The molecule has 0 saturated heterocycles. The first-order valence-corrected chi connectivity index (χ1v) is 8.44. The molecule has 4 nitrogen and oxygen atoms in total. The third-order valence-corrected chi connectivity index (χ3v) is 4.13. The molecular formula is C21H17ClN2O2. The van der Waals surface area contributed by atoms with Gasteiger partial charge in [0.2, 0.25) is 0 Å². The molecule has 0 unspecified atom stereocenters. The molecule has 0 heterocycles. The van der Waals surface area contributed by atoms with E-state index in [-0.39, 0.29) is 12.3 Å². The molecule has 0 atom stereocenters. The smallest absolute Gasteiger partial charge is 0.339 e. The van der Waals surface area contributed by atoms with E-state index in [2.05, 4.69) is 5.16 Å². The Kier molecular flexibility index (Phi) is 5.66. The zero-order chi connectivity index (χ0) is 18.4. The minimum atomic E-state index is -0.493. The van der Waals surface area contributed by atoms with Crippen LogP contribution in [0.25, 0.3) is 11.1 Å². The van der Waals surface area contributed by atoms with Crippen LogP contribution in [0.3, 0.4) is 0 Å². The van der Waals surface area contributed by atoms with E-state index in [1.807, 2.05) is 54.6 Å². The minimum Gasteiger partial charge on any atom is -0.380 e. The highest BCUT2D eigenvalue weighted by molar-refractivity contribution is 6.34. The summed E-state index contributed by atoms with van der Waals surface area (Å²) in [4.78, 5) is 16.9. The van der Waals surface area contributed by atoms with Crippen molar-refractivity contribution >= 4 is 23.4 Å². The van der Waals surface area contributed by atoms with Gasteiger partial charge in [-0.1, -0.05) is 83.5 Å². The predicted molar refractivity (Wildman–Crippen MR) is 104 cm³/mol. The summed E-state index contributed by atoms with van der Waals surface area (Å²) in [7, 11) is 0. The highest BCUT2D eigenvalue weighted by Gasteiger charge is 2.08. The Balaban J connectivity index is 1.61. The second-order valence-electron chi connectivity index (χ2n) is 5.66. The lowest BCUT2D eigenvalue weighted by Crippen LogP contribution is -2.16. The quantitative estimate of drug-likeness (QED) is 0.315. The van der Waals surface area contributed by atoms with Crippen molar-refractivity contribution in [2.75, 3.05) is 0 Å². The summed E-state index contributed by atoms with van der Waals surface area (Å²) in [6.45, 7) is 0. The summed E-state index contributed by atoms with van der Waals surface area (Å²) >= 11 is 6.03. The van der Waals surface area contributed by atoms with Crippen molar-refractivity contribution in [3.63, 3.8) is 0 Å². The zero-order valence-electron chi connectivity index (χ0n) is 13.9. The summed E-state index contributed by atoms with van der Waals surface area (Å²) in [6, 6.07) is 24.7. The number of nitrogens with zero attached hydrogens (tertiary/aromatic N) is 1. The Labute approximate surface area is 156 Å². The molecule has 3 aromatic carbocycles. The fourth-order valence-electron chi connectivity index (χ4n) is 2.46. The summed E-state index contributed by atoms with van der Waals surface area (Å²) in [5.74, 6) is -0.434. The maximum Gasteiger partial charge on any atom is 0.339 e. The maximum atomic E-state index is 12.0. The largest absolute Gasteiger partial charge is 0.380 e. The molecule has 0 radical (unpaired) electrons. The number of halogens is 1. The van der Waals surface area contributed by atoms with Gasteiger partial charge in [0.05, 0.1) is 11.4 Å². The van der Waals surface area contributed by atoms with Crippen molar-refractivity contribution in [3.05, 3.63) is 95.0 Å². The second kappa shape index (κ2) is 8.32. The molecule has 2 N–H and O–H groups in total. The van der Waals surface area contributed by atoms with Crippen LogP contribution >= 0.6 is 11.6 Å². The summed E-state index contributed by atoms with van der Waals surface area (Å²) in [5.41, 5.74) is 9.38. The Hall–Kier alpha value is -3.11. The standard InChI is InChI=1S/C21H17ClN2O2/c22-19-9-5-4-8-18(19)21(23)24-26-20(25)14-15-10-12-17(13-11-15)16-6-2-1-3-7-16/h1-13H,14H2,(H2,23,24). The van der Waals surface area contributed by atoms with E-state index in [1.54, 1.807) is 24.3 Å². The fraction of sp³-hybridized carbons (Fsp3) is 0.0476. The van der Waals surface area contributed by atoms with Crippen LogP contribution in [0.1, 0.15) is 11.1 Å². The van der Waals surface area contributed by atoms with Gasteiger partial charge >= 0.3 is 5.97 Å². The minimum absolute atomic E-state index is 0.0587. The Bertz CT molecular complexity index is 922. The van der Waals surface area contributed by atoms with Gasteiger partial charge in [-0.15, -0.1) is 0 Å². The zero-order valence-corrected chi connectivity index (χ0v) is 14.7. The number of hydrogen-bond donors (Lipinski definition) is 1. The monoisotopic (exact) mass is 364 g/mol. The lowest BCUT2D eigenvalue weighted by molar-refractivity contribution is -0.142. The van der Waals surface area contributed by atoms with Crippen molar-refractivity contribution in [2.24, 2.45) is 10.9 Å². The number of carbonyl (C=O) groups excluding carboxylic acids is 1. The first-order chi connectivity index (χ1) is 12.6. The predicted octanol–water partition coefficient (Wildman–Crippen LogP) is 4.41. The van der Waals surface area contributed by atoms with Crippen LogP contribution in [0.15, 0.2) is 84.0 Å². The van der Waals surface area contributed by atoms with E-state index in [0.29, 0.717) is 10.6 Å². The molecule has 0 aliphatic rings. The normalized spacial score (nSPS) is 11.2. The van der Waals surface area contributed by atoms with E-state index >= 15 is 0 Å². The van der Waals surface area contributed by atoms with Crippen LogP contribution < -0.4 is 5.73 Å². The third-order valence-electron chi connectivity index (χ3n) is 3.81. The molecule has 0 saturated carbocycles. The topological polar surface area (TPSA) is 64.7 Å². The van der Waals surface area contributed by atoms with Crippen molar-refractivity contribution in [2.45, 2.75) is 6.42 Å². The molecule has 0 spiro atoms. The van der Waals surface area contributed by atoms with Crippen molar-refractivity contribution in [1.82, 2.24) is 0 Å². The van der Waals surface area contributed by atoms with Gasteiger partial charge in [0.25, 0.3) is 0 Å². The molecule has 26 heavy (non-hydrogen) atoms. The molecule has 130 valence electrons. The number of rotatable bonds is 5. The molecule has 0 bridgehead atoms. The molecule has 0 fully saturated rings. The lowest BCUT2D eigenvalue weighted by atomic mass is 10.0. The second-order valence-corrected chi connectivity index (χ2v) is 6.07. The molecule has 3 rings (SSSR count). The van der Waals surface area contributed by atoms with E-state index in [9.17, 15) is 4.79 Å². The van der Waals surface area contributed by atoms with Crippen molar-refractivity contribution in [3.8, 4) is 11.1 Å². The molecule has 0 aliphatic carbocycles. The Morgan fingerprint density at radius 1 is 0.885 bits per heavy atom. The number of amidine groups is 1. The number of benzene rings is 3. The van der Waals surface area contributed by atoms with E-state index in [1.165, 1.54) is 0 Å². The van der Waals surface area contributed by atoms with Gasteiger partial charge in [-0.2, -0.15) is 0 Å². The van der Waals surface area contributed by atoms with Gasteiger partial charge in [0, 0.05) is 5.56 Å². The molecule has 3 aromatic rings. The summed E-state index contributed by atoms with van der Waals surface area (Å²) < 4.78 is 0. The van der Waals surface area contributed by atoms with E-state index < -0.39 is 5.97 Å². The molecule has 0 aromatic heterocycles. The van der Waals surface area contributed by atoms with Crippen LogP contribution in [0.2, 0.25) is 5.02 Å². The van der Waals surface area contributed by atoms with Crippen LogP contribution in [0, 0.1) is 0 Å². The van der Waals surface area contributed by atoms with Gasteiger partial charge in [0.15, 0.2) is 5.84 Å². The summed E-state index contributed by atoms with van der Waals surface area (Å²) in [5, 5.41) is 4.12. The van der Waals surface area contributed by atoms with Gasteiger partial charge in [-0.3, -0.25) is 0 Å². The number of oxime groups is 1. The third kappa shape index (κ3) is 4.49. The maximum absolute atomic E-state index is 12.0. The van der Waals surface area contributed by atoms with Crippen molar-refractivity contribution in [1.29, 1.82) is 0 Å². The highest BCUT2D eigenvalue weighted by Crippen LogP contribution is 2.19. The SMILES string of the molecule is NC(=NOC(=O)Cc1ccc(-c2ccccc2)cc1)c1ccccc1Cl. The highest BCUT2D eigenvalue weighted by atomic mass is 35.5. The van der Waals surface area contributed by atoms with Crippen LogP contribution in [0.5, 0.6) is 0 Å². The average Bonchev–Trinajstić information content (AvgIpc) is 2.68. The van der Waals surface area contributed by atoms with Crippen LogP contribution in [-0.4, -0.2) is 11.8 Å². The van der Waals surface area contributed by atoms with Gasteiger partial charge < -0.3 is 10.6 Å².